The van der Waals surface area contributed by atoms with Crippen LogP contribution in [0.5, 0.6) is 0 Å². The van der Waals surface area contributed by atoms with Gasteiger partial charge in [-0.3, -0.25) is 0 Å². The predicted octanol–water partition coefficient (Wildman–Crippen LogP) is 4.02. The number of hydrogen-bond acceptors (Lipinski definition) is 0. The van der Waals surface area contributed by atoms with Crippen LogP contribution in [-0.2, 0) is 0 Å². The minimum Gasteiger partial charge on any atom is -0.0778 e. The highest BCUT2D eigenvalue weighted by atomic mass is 14.3. The van der Waals surface area contributed by atoms with Crippen molar-refractivity contribution >= 4 is 0 Å². The first-order chi connectivity index (χ1) is 5.63. The van der Waals surface area contributed by atoms with Crippen molar-refractivity contribution in [3.05, 3.63) is 11.6 Å². The van der Waals surface area contributed by atoms with Crippen LogP contribution in [0.25, 0.3) is 0 Å². The summed E-state index contributed by atoms with van der Waals surface area (Å²) < 4.78 is 0. The van der Waals surface area contributed by atoms with Crippen LogP contribution in [-0.4, -0.2) is 0 Å². The first-order valence-corrected chi connectivity index (χ1v) is 5.31. The second-order valence-corrected chi connectivity index (χ2v) is 4.66. The molecule has 0 saturated heterocycles. The first-order valence-electron chi connectivity index (χ1n) is 5.31. The van der Waals surface area contributed by atoms with Gasteiger partial charge in [-0.25, -0.2) is 0 Å². The standard InChI is InChI=1S/C12H22/c1-5-11(6-9(2)3)8-12-7-10(12)4/h7,9,11-12H,5-6,8H2,1-4H3. The third kappa shape index (κ3) is 3.00. The average Bonchev–Trinajstić information content (AvgIpc) is 2.64. The van der Waals surface area contributed by atoms with Crippen molar-refractivity contribution < 1.29 is 0 Å². The summed E-state index contributed by atoms with van der Waals surface area (Å²) >= 11 is 0. The van der Waals surface area contributed by atoms with E-state index >= 15 is 0 Å². The second-order valence-electron chi connectivity index (χ2n) is 4.66. The van der Waals surface area contributed by atoms with E-state index in [0.717, 1.165) is 17.8 Å². The molecule has 1 rings (SSSR count). The lowest BCUT2D eigenvalue weighted by atomic mass is 9.89. The van der Waals surface area contributed by atoms with E-state index in [0.29, 0.717) is 0 Å². The monoisotopic (exact) mass is 166 g/mol. The van der Waals surface area contributed by atoms with Gasteiger partial charge in [-0.15, -0.1) is 0 Å². The van der Waals surface area contributed by atoms with Gasteiger partial charge in [-0.1, -0.05) is 38.8 Å². The Labute approximate surface area is 77.1 Å². The molecule has 0 saturated carbocycles. The first kappa shape index (κ1) is 9.83. The molecule has 0 fully saturated rings. The van der Waals surface area contributed by atoms with Gasteiger partial charge in [0.2, 0.25) is 0 Å². The molecule has 0 aromatic heterocycles. The molecule has 1 aliphatic rings. The molecule has 2 atom stereocenters. The van der Waals surface area contributed by atoms with Gasteiger partial charge in [0.05, 0.1) is 0 Å². The molecule has 0 radical (unpaired) electrons. The lowest BCUT2D eigenvalue weighted by molar-refractivity contribution is 0.365. The summed E-state index contributed by atoms with van der Waals surface area (Å²) in [7, 11) is 0. The van der Waals surface area contributed by atoms with E-state index < -0.39 is 0 Å². The van der Waals surface area contributed by atoms with Crippen LogP contribution in [0.3, 0.4) is 0 Å². The maximum atomic E-state index is 2.41. The Hall–Kier alpha value is -0.260. The van der Waals surface area contributed by atoms with Crippen LogP contribution < -0.4 is 0 Å². The van der Waals surface area contributed by atoms with E-state index in [1.807, 2.05) is 0 Å². The van der Waals surface area contributed by atoms with Gasteiger partial charge in [0, 0.05) is 0 Å². The molecule has 0 bridgehead atoms. The van der Waals surface area contributed by atoms with E-state index in [1.165, 1.54) is 19.3 Å². The van der Waals surface area contributed by atoms with E-state index in [-0.39, 0.29) is 0 Å². The number of rotatable bonds is 5. The lowest BCUT2D eigenvalue weighted by Crippen LogP contribution is -2.05. The van der Waals surface area contributed by atoms with Crippen molar-refractivity contribution in [2.24, 2.45) is 17.8 Å². The highest BCUT2D eigenvalue weighted by Crippen LogP contribution is 2.36. The van der Waals surface area contributed by atoms with Gasteiger partial charge in [-0.2, -0.15) is 0 Å². The number of hydrogen-bond donors (Lipinski definition) is 0. The molecule has 0 nitrogen and oxygen atoms in total. The third-order valence-electron chi connectivity index (χ3n) is 2.91. The quantitative estimate of drug-likeness (QED) is 0.541. The van der Waals surface area contributed by atoms with Crippen molar-refractivity contribution in [1.29, 1.82) is 0 Å². The van der Waals surface area contributed by atoms with Gasteiger partial charge >= 0.3 is 0 Å². The van der Waals surface area contributed by atoms with Crippen LogP contribution in [0.4, 0.5) is 0 Å². The Bertz CT molecular complexity index is 165. The summed E-state index contributed by atoms with van der Waals surface area (Å²) in [6.45, 7) is 9.24. The van der Waals surface area contributed by atoms with Crippen LogP contribution in [0, 0.1) is 17.8 Å². The molecule has 0 heteroatoms. The Morgan fingerprint density at radius 2 is 2.00 bits per heavy atom. The zero-order valence-electron chi connectivity index (χ0n) is 8.93. The Kier molecular flexibility index (Phi) is 3.37. The highest BCUT2D eigenvalue weighted by Gasteiger charge is 2.23. The molecule has 0 heterocycles. The zero-order chi connectivity index (χ0) is 9.14. The highest BCUT2D eigenvalue weighted by molar-refractivity contribution is 5.26. The van der Waals surface area contributed by atoms with Gasteiger partial charge in [0.15, 0.2) is 0 Å². The average molecular weight is 166 g/mol. The molecule has 2 unspecified atom stereocenters. The Balaban J connectivity index is 2.17. The largest absolute Gasteiger partial charge is 0.0778 e. The lowest BCUT2D eigenvalue weighted by Gasteiger charge is -2.16. The smallest absolute Gasteiger partial charge is 0.00204 e. The molecular formula is C12H22. The number of allylic oxidation sites excluding steroid dienone is 2. The molecule has 0 aliphatic heterocycles. The second kappa shape index (κ2) is 4.11. The molecule has 12 heavy (non-hydrogen) atoms. The van der Waals surface area contributed by atoms with E-state index in [4.69, 9.17) is 0 Å². The fourth-order valence-electron chi connectivity index (χ4n) is 1.98. The minimum absolute atomic E-state index is 0.869. The maximum absolute atomic E-state index is 2.41. The Morgan fingerprint density at radius 1 is 1.42 bits per heavy atom. The van der Waals surface area contributed by atoms with Crippen molar-refractivity contribution in [3.8, 4) is 0 Å². The Morgan fingerprint density at radius 3 is 2.33 bits per heavy atom. The van der Waals surface area contributed by atoms with Crippen LogP contribution >= 0.6 is 0 Å². The molecular weight excluding hydrogens is 144 g/mol. The molecule has 0 amide bonds. The molecule has 0 N–H and O–H groups in total. The predicted molar refractivity (Wildman–Crippen MR) is 55.1 cm³/mol. The molecule has 70 valence electrons. The fraction of sp³-hybridized carbons (Fsp3) is 0.833. The SMILES string of the molecule is CCC(CC(C)C)CC1C=C1C. The summed E-state index contributed by atoms with van der Waals surface area (Å²) in [5.74, 6) is 2.71. The van der Waals surface area contributed by atoms with Crippen LogP contribution in [0.2, 0.25) is 0 Å². The summed E-state index contributed by atoms with van der Waals surface area (Å²) in [6.07, 6.45) is 6.59. The van der Waals surface area contributed by atoms with Gasteiger partial charge < -0.3 is 0 Å². The topological polar surface area (TPSA) is 0 Å². The van der Waals surface area contributed by atoms with E-state index in [2.05, 4.69) is 33.8 Å². The normalized spacial score (nSPS) is 24.1. The van der Waals surface area contributed by atoms with Gasteiger partial charge in [0.1, 0.15) is 0 Å². The minimum atomic E-state index is 0.869. The van der Waals surface area contributed by atoms with Gasteiger partial charge in [0.25, 0.3) is 0 Å². The van der Waals surface area contributed by atoms with Crippen molar-refractivity contribution in [2.45, 2.75) is 47.0 Å². The molecule has 0 aromatic rings. The van der Waals surface area contributed by atoms with Gasteiger partial charge in [-0.05, 0) is 37.5 Å². The molecule has 1 aliphatic carbocycles. The summed E-state index contributed by atoms with van der Waals surface area (Å²) in [5, 5.41) is 0. The van der Waals surface area contributed by atoms with E-state index in [9.17, 15) is 0 Å². The summed E-state index contributed by atoms with van der Waals surface area (Å²) in [6, 6.07) is 0. The summed E-state index contributed by atoms with van der Waals surface area (Å²) in [5.41, 5.74) is 1.62. The van der Waals surface area contributed by atoms with Crippen molar-refractivity contribution in [1.82, 2.24) is 0 Å². The third-order valence-corrected chi connectivity index (χ3v) is 2.91. The van der Waals surface area contributed by atoms with Crippen LogP contribution in [0.1, 0.15) is 47.0 Å². The zero-order valence-corrected chi connectivity index (χ0v) is 8.93. The van der Waals surface area contributed by atoms with Crippen molar-refractivity contribution in [2.75, 3.05) is 0 Å². The fourth-order valence-corrected chi connectivity index (χ4v) is 1.98. The van der Waals surface area contributed by atoms with Crippen molar-refractivity contribution in [3.63, 3.8) is 0 Å². The van der Waals surface area contributed by atoms with Crippen LogP contribution in [0.15, 0.2) is 11.6 Å². The molecule has 0 aromatic carbocycles. The molecule has 0 spiro atoms. The maximum Gasteiger partial charge on any atom is -0.00204 e. The summed E-state index contributed by atoms with van der Waals surface area (Å²) in [4.78, 5) is 0. The van der Waals surface area contributed by atoms with E-state index in [1.54, 1.807) is 5.57 Å².